The Labute approximate surface area is 143 Å². The Kier molecular flexibility index (Phi) is 6.87. The van der Waals surface area contributed by atoms with Crippen molar-refractivity contribution in [3.8, 4) is 0 Å². The van der Waals surface area contributed by atoms with Gasteiger partial charge in [0, 0.05) is 20.9 Å². The molecule has 8 nitrogen and oxygen atoms in total. The van der Waals surface area contributed by atoms with Crippen molar-refractivity contribution in [3.63, 3.8) is 0 Å². The van der Waals surface area contributed by atoms with Crippen LogP contribution in [0.25, 0.3) is 0 Å². The van der Waals surface area contributed by atoms with Gasteiger partial charge >= 0.3 is 11.1 Å². The van der Waals surface area contributed by atoms with E-state index >= 15 is 0 Å². The summed E-state index contributed by atoms with van der Waals surface area (Å²) in [5, 5.41) is -1.16. The molecule has 136 valence electrons. The molecule has 0 N–H and O–H groups in total. The molecule has 0 radical (unpaired) electrons. The van der Waals surface area contributed by atoms with E-state index in [1.54, 1.807) is 6.92 Å². The van der Waals surface area contributed by atoms with E-state index in [9.17, 15) is 18.0 Å². The number of imidazole rings is 1. The van der Waals surface area contributed by atoms with Gasteiger partial charge in [0.1, 0.15) is 12.4 Å². The average molecular weight is 377 g/mol. The highest BCUT2D eigenvalue weighted by molar-refractivity contribution is 8.06. The first kappa shape index (κ1) is 20.5. The van der Waals surface area contributed by atoms with Crippen LogP contribution in [0.15, 0.2) is 6.20 Å². The van der Waals surface area contributed by atoms with Gasteiger partial charge in [0.2, 0.25) is 9.84 Å². The van der Waals surface area contributed by atoms with Crippen LogP contribution in [-0.2, 0) is 26.0 Å². The molecule has 1 rings (SSSR count). The summed E-state index contributed by atoms with van der Waals surface area (Å²) in [6.45, 7) is 8.67. The van der Waals surface area contributed by atoms with Crippen LogP contribution >= 0.6 is 0 Å². The van der Waals surface area contributed by atoms with Crippen LogP contribution in [0, 0.1) is 0 Å². The molecule has 0 aliphatic rings. The highest BCUT2D eigenvalue weighted by Gasteiger charge is 2.28. The van der Waals surface area contributed by atoms with E-state index in [4.69, 9.17) is 9.47 Å². The predicted octanol–water partition coefficient (Wildman–Crippen LogP) is 1.56. The van der Waals surface area contributed by atoms with Gasteiger partial charge in [-0.15, -0.1) is 0 Å². The summed E-state index contributed by atoms with van der Waals surface area (Å²) in [4.78, 5) is 27.7. The quantitative estimate of drug-likeness (QED) is 0.385. The molecule has 0 saturated heterocycles. The molecule has 0 atom stereocenters. The Morgan fingerprint density at radius 2 is 1.92 bits per heavy atom. The lowest BCUT2D eigenvalue weighted by Crippen LogP contribution is -2.24. The number of sulfone groups is 1. The number of carbonyl (C=O) groups excluding carboxylic acids is 2. The lowest BCUT2D eigenvalue weighted by atomic mass is 10.4. The lowest BCUT2D eigenvalue weighted by molar-refractivity contribution is 0.0470. The second kappa shape index (κ2) is 8.04. The molecule has 1 aromatic rings. The van der Waals surface area contributed by atoms with Crippen molar-refractivity contribution in [1.29, 1.82) is 0 Å². The first-order valence-electron chi connectivity index (χ1n) is 7.52. The first-order valence-corrected chi connectivity index (χ1v) is 13.1. The van der Waals surface area contributed by atoms with E-state index in [1.807, 2.05) is 0 Å². The van der Waals surface area contributed by atoms with E-state index in [2.05, 4.69) is 24.6 Å². The average Bonchev–Trinajstić information content (AvgIpc) is 2.84. The molecule has 0 spiro atoms. The minimum absolute atomic E-state index is 0.0168. The van der Waals surface area contributed by atoms with Crippen LogP contribution < -0.4 is 0 Å². The van der Waals surface area contributed by atoms with Gasteiger partial charge in [0.25, 0.3) is 0 Å². The van der Waals surface area contributed by atoms with Crippen LogP contribution in [0.4, 0.5) is 0 Å². The maximum atomic E-state index is 12.0. The number of nitrogens with zero attached hydrogens (tertiary/aromatic N) is 2. The van der Waals surface area contributed by atoms with Gasteiger partial charge in [-0.2, -0.15) is 0 Å². The van der Waals surface area contributed by atoms with Crippen molar-refractivity contribution in [2.45, 2.75) is 39.3 Å². The second-order valence-corrected chi connectivity index (χ2v) is 14.1. The molecular formula is C14H24N2O6SSi. The molecule has 0 aromatic carbocycles. The number of rotatable bonds is 8. The molecule has 0 bridgehead atoms. The third-order valence-electron chi connectivity index (χ3n) is 3.08. The topological polar surface area (TPSA) is 105 Å². The van der Waals surface area contributed by atoms with E-state index in [-0.39, 0.29) is 24.9 Å². The summed E-state index contributed by atoms with van der Waals surface area (Å²) in [5.74, 6) is -1.04. The zero-order chi connectivity index (χ0) is 18.5. The summed E-state index contributed by atoms with van der Waals surface area (Å²) in [7, 11) is -5.28. The molecular weight excluding hydrogens is 352 g/mol. The van der Waals surface area contributed by atoms with Crippen molar-refractivity contribution >= 4 is 29.0 Å². The van der Waals surface area contributed by atoms with Gasteiger partial charge in [-0.1, -0.05) is 19.6 Å². The third-order valence-corrected chi connectivity index (χ3v) is 5.64. The summed E-state index contributed by atoms with van der Waals surface area (Å²) < 4.78 is 34.6. The zero-order valence-corrected chi connectivity index (χ0v) is 16.5. The Balaban J connectivity index is 3.05. The zero-order valence-electron chi connectivity index (χ0n) is 14.7. The van der Waals surface area contributed by atoms with E-state index < -0.39 is 29.0 Å². The highest BCUT2D eigenvalue weighted by Crippen LogP contribution is 2.13. The molecule has 0 aliphatic carbocycles. The van der Waals surface area contributed by atoms with Gasteiger partial charge < -0.3 is 9.47 Å². The van der Waals surface area contributed by atoms with Crippen LogP contribution in [0.5, 0.6) is 0 Å². The predicted molar refractivity (Wildman–Crippen MR) is 91.5 cm³/mol. The molecule has 1 heterocycles. The van der Waals surface area contributed by atoms with Crippen molar-refractivity contribution in [3.05, 3.63) is 17.7 Å². The Bertz CT molecular complexity index is 705. The minimum Gasteiger partial charge on any atom is -0.461 e. The number of esters is 1. The highest BCUT2D eigenvalue weighted by atomic mass is 32.2. The lowest BCUT2D eigenvalue weighted by Gasteiger charge is -2.16. The van der Waals surface area contributed by atoms with Gasteiger partial charge in [0.15, 0.2) is 5.82 Å². The first-order chi connectivity index (χ1) is 11.0. The van der Waals surface area contributed by atoms with Crippen molar-refractivity contribution in [1.82, 2.24) is 9.55 Å². The number of carbonyl (C=O) groups is 2. The number of hydrogen-bond acceptors (Lipinski definition) is 7. The standard InChI is InChI=1S/C14H24N2O6SSi/c1-6-22-13(17)11-9-15-12(14(18)23(2,19)20)16(11)10-21-7-8-24(3,4)5/h9H,6-8,10H2,1-5H3. The monoisotopic (exact) mass is 376 g/mol. The van der Waals surface area contributed by atoms with E-state index in [1.165, 1.54) is 0 Å². The van der Waals surface area contributed by atoms with Crippen LogP contribution in [0.2, 0.25) is 25.7 Å². The molecule has 0 unspecified atom stereocenters. The summed E-state index contributed by atoms with van der Waals surface area (Å²) in [5.41, 5.74) is -0.0168. The maximum Gasteiger partial charge on any atom is 0.356 e. The van der Waals surface area contributed by atoms with Gasteiger partial charge in [0.05, 0.1) is 12.8 Å². The fourth-order valence-corrected chi connectivity index (χ4v) is 2.99. The van der Waals surface area contributed by atoms with Crippen molar-refractivity contribution in [2.75, 3.05) is 19.5 Å². The summed E-state index contributed by atoms with van der Waals surface area (Å²) >= 11 is 0. The smallest absolute Gasteiger partial charge is 0.356 e. The SMILES string of the molecule is CCOC(=O)c1cnc(C(=O)S(C)(=O)=O)n1COCC[Si](C)(C)C. The van der Waals surface area contributed by atoms with Crippen LogP contribution in [0.1, 0.15) is 28.0 Å². The summed E-state index contributed by atoms with van der Waals surface area (Å²) in [6, 6.07) is 0.895. The fraction of sp³-hybridized carbons (Fsp3) is 0.643. The third kappa shape index (κ3) is 5.84. The molecule has 0 amide bonds. The van der Waals surface area contributed by atoms with Crippen LogP contribution in [0.3, 0.4) is 0 Å². The van der Waals surface area contributed by atoms with Crippen molar-refractivity contribution in [2.24, 2.45) is 0 Å². The molecule has 0 saturated carbocycles. The van der Waals surface area contributed by atoms with Gasteiger partial charge in [-0.05, 0) is 13.0 Å². The number of aromatic nitrogens is 2. The number of ether oxygens (including phenoxy) is 2. The molecule has 0 aliphatic heterocycles. The Hall–Kier alpha value is -1.52. The second-order valence-electron chi connectivity index (χ2n) is 6.52. The largest absolute Gasteiger partial charge is 0.461 e. The van der Waals surface area contributed by atoms with Gasteiger partial charge in [-0.3, -0.25) is 9.36 Å². The minimum atomic E-state index is -3.98. The molecule has 1 aromatic heterocycles. The van der Waals surface area contributed by atoms with Gasteiger partial charge in [-0.25, -0.2) is 18.2 Å². The normalized spacial score (nSPS) is 12.2. The van der Waals surface area contributed by atoms with Crippen LogP contribution in [-0.4, -0.2) is 56.6 Å². The maximum absolute atomic E-state index is 12.0. The molecule has 10 heteroatoms. The fourth-order valence-electron chi connectivity index (χ4n) is 1.74. The van der Waals surface area contributed by atoms with E-state index in [0.29, 0.717) is 6.61 Å². The molecule has 0 fully saturated rings. The summed E-state index contributed by atoms with van der Waals surface area (Å²) in [6.07, 6.45) is 1.92. The Morgan fingerprint density at radius 1 is 1.29 bits per heavy atom. The van der Waals surface area contributed by atoms with Crippen molar-refractivity contribution < 1.29 is 27.5 Å². The molecule has 24 heavy (non-hydrogen) atoms. The Morgan fingerprint density at radius 3 is 2.42 bits per heavy atom. The van der Waals surface area contributed by atoms with E-state index in [0.717, 1.165) is 23.1 Å². The number of hydrogen-bond donors (Lipinski definition) is 0.